The van der Waals surface area contributed by atoms with Gasteiger partial charge in [-0.05, 0) is 30.3 Å². The molecule has 2 heterocycles. The predicted octanol–water partition coefficient (Wildman–Crippen LogP) is 2.10. The first-order valence-corrected chi connectivity index (χ1v) is 12.2. The Kier molecular flexibility index (Phi) is 8.16. The van der Waals surface area contributed by atoms with E-state index in [1.54, 1.807) is 35.2 Å². The Hall–Kier alpha value is -3.37. The molecule has 3 aromatic rings. The molecular weight excluding hydrogens is 450 g/mol. The van der Waals surface area contributed by atoms with E-state index in [4.69, 9.17) is 0 Å². The van der Waals surface area contributed by atoms with Crippen molar-refractivity contribution in [1.29, 1.82) is 0 Å². The van der Waals surface area contributed by atoms with Gasteiger partial charge in [0.2, 0.25) is 5.91 Å². The van der Waals surface area contributed by atoms with Crippen LogP contribution in [0.1, 0.15) is 10.4 Å². The zero-order valence-electron chi connectivity index (χ0n) is 19.2. The molecule has 1 aliphatic heterocycles. The van der Waals surface area contributed by atoms with Crippen LogP contribution in [0.15, 0.2) is 66.1 Å². The molecule has 4 rings (SSSR count). The van der Waals surface area contributed by atoms with Crippen LogP contribution >= 0.6 is 11.8 Å². The average Bonchev–Trinajstić information content (AvgIpc) is 3.28. The molecule has 0 unspecified atom stereocenters. The number of anilines is 2. The summed E-state index contributed by atoms with van der Waals surface area (Å²) >= 11 is 1.31. The van der Waals surface area contributed by atoms with Crippen LogP contribution in [-0.2, 0) is 11.8 Å². The molecular formula is C24H29N7O2S. The first kappa shape index (κ1) is 23.8. The number of hydrogen-bond acceptors (Lipinski definition) is 7. The second kappa shape index (κ2) is 11.7. The lowest BCUT2D eigenvalue weighted by Crippen LogP contribution is -2.48. The fourth-order valence-electron chi connectivity index (χ4n) is 3.77. The summed E-state index contributed by atoms with van der Waals surface area (Å²) in [6.45, 7) is 5.29. The van der Waals surface area contributed by atoms with Crippen LogP contribution in [0.4, 0.5) is 11.4 Å². The van der Waals surface area contributed by atoms with E-state index in [1.807, 2.05) is 13.1 Å². The fraction of sp³-hybridized carbons (Fsp3) is 0.333. The summed E-state index contributed by atoms with van der Waals surface area (Å²) < 4.78 is 1.76. The highest BCUT2D eigenvalue weighted by Crippen LogP contribution is 2.16. The van der Waals surface area contributed by atoms with Crippen molar-refractivity contribution >= 4 is 35.0 Å². The zero-order valence-corrected chi connectivity index (χ0v) is 20.0. The van der Waals surface area contributed by atoms with Gasteiger partial charge in [0.05, 0.1) is 5.75 Å². The van der Waals surface area contributed by atoms with Gasteiger partial charge in [-0.1, -0.05) is 36.0 Å². The second-order valence-electron chi connectivity index (χ2n) is 8.06. The number of thioether (sulfide) groups is 1. The Labute approximate surface area is 203 Å². The first-order chi connectivity index (χ1) is 16.6. The number of hydrogen-bond donors (Lipinski definition) is 2. The molecule has 34 heavy (non-hydrogen) atoms. The zero-order chi connectivity index (χ0) is 23.8. The Morgan fingerprint density at radius 3 is 2.56 bits per heavy atom. The van der Waals surface area contributed by atoms with E-state index in [-0.39, 0.29) is 17.6 Å². The third-order valence-corrected chi connectivity index (χ3v) is 6.65. The molecule has 1 aliphatic rings. The molecule has 2 N–H and O–H groups in total. The number of carbonyl (C=O) groups is 2. The molecule has 0 saturated carbocycles. The van der Waals surface area contributed by atoms with Gasteiger partial charge in [0.1, 0.15) is 6.33 Å². The minimum Gasteiger partial charge on any atom is -0.369 e. The lowest BCUT2D eigenvalue weighted by molar-refractivity contribution is -0.113. The van der Waals surface area contributed by atoms with Gasteiger partial charge in [-0.3, -0.25) is 14.5 Å². The van der Waals surface area contributed by atoms with Gasteiger partial charge in [-0.2, -0.15) is 0 Å². The van der Waals surface area contributed by atoms with E-state index >= 15 is 0 Å². The predicted molar refractivity (Wildman–Crippen MR) is 134 cm³/mol. The highest BCUT2D eigenvalue weighted by Gasteiger charge is 2.17. The number of benzene rings is 2. The number of rotatable bonds is 9. The molecule has 1 saturated heterocycles. The van der Waals surface area contributed by atoms with Gasteiger partial charge >= 0.3 is 0 Å². The number of amides is 2. The van der Waals surface area contributed by atoms with E-state index in [0.717, 1.165) is 32.7 Å². The van der Waals surface area contributed by atoms with Gasteiger partial charge in [0.15, 0.2) is 5.16 Å². The molecule has 2 amide bonds. The van der Waals surface area contributed by atoms with Gasteiger partial charge < -0.3 is 20.1 Å². The average molecular weight is 480 g/mol. The lowest BCUT2D eigenvalue weighted by Gasteiger charge is -2.36. The van der Waals surface area contributed by atoms with Crippen molar-refractivity contribution in [3.05, 3.63) is 66.5 Å². The highest BCUT2D eigenvalue weighted by atomic mass is 32.2. The Morgan fingerprint density at radius 1 is 1.03 bits per heavy atom. The largest absolute Gasteiger partial charge is 0.369 e. The molecule has 178 valence electrons. The van der Waals surface area contributed by atoms with E-state index in [9.17, 15) is 9.59 Å². The van der Waals surface area contributed by atoms with Crippen molar-refractivity contribution in [2.45, 2.75) is 5.16 Å². The van der Waals surface area contributed by atoms with E-state index in [1.165, 1.54) is 17.4 Å². The maximum absolute atomic E-state index is 12.6. The number of aryl methyl sites for hydroxylation is 1. The quantitative estimate of drug-likeness (QED) is 0.454. The van der Waals surface area contributed by atoms with Crippen molar-refractivity contribution in [2.75, 3.05) is 55.2 Å². The van der Waals surface area contributed by atoms with Crippen LogP contribution in [-0.4, -0.2) is 76.5 Å². The van der Waals surface area contributed by atoms with Crippen molar-refractivity contribution in [2.24, 2.45) is 7.05 Å². The van der Waals surface area contributed by atoms with Crippen LogP contribution < -0.4 is 15.5 Å². The third kappa shape index (κ3) is 6.58. The summed E-state index contributed by atoms with van der Waals surface area (Å²) in [6, 6.07) is 17.4. The summed E-state index contributed by atoms with van der Waals surface area (Å²) in [5, 5.41) is 14.2. The molecule has 10 heteroatoms. The maximum Gasteiger partial charge on any atom is 0.251 e. The lowest BCUT2D eigenvalue weighted by atomic mass is 10.2. The SMILES string of the molecule is Cn1cnnc1SCC(=O)Nc1cccc(C(=O)NCCN2CCN(c3ccccc3)CC2)c1. The highest BCUT2D eigenvalue weighted by molar-refractivity contribution is 7.99. The topological polar surface area (TPSA) is 95.4 Å². The second-order valence-corrected chi connectivity index (χ2v) is 9.00. The standard InChI is InChI=1S/C24H29N7O2S/c1-29-18-26-28-24(29)34-17-22(32)27-20-7-5-6-19(16-20)23(33)25-10-11-30-12-14-31(15-13-30)21-8-3-2-4-9-21/h2-9,16,18H,10-15,17H2,1H3,(H,25,33)(H,27,32). The molecule has 0 bridgehead atoms. The Morgan fingerprint density at radius 2 is 1.82 bits per heavy atom. The van der Waals surface area contributed by atoms with Gasteiger partial charge in [0, 0.05) is 63.3 Å². The minimum absolute atomic E-state index is 0.146. The first-order valence-electron chi connectivity index (χ1n) is 11.3. The normalized spacial score (nSPS) is 14.1. The number of aromatic nitrogens is 3. The minimum atomic E-state index is -0.166. The smallest absolute Gasteiger partial charge is 0.251 e. The molecule has 9 nitrogen and oxygen atoms in total. The van der Waals surface area contributed by atoms with Crippen molar-refractivity contribution in [3.63, 3.8) is 0 Å². The summed E-state index contributed by atoms with van der Waals surface area (Å²) in [5.74, 6) is -0.104. The molecule has 1 aromatic heterocycles. The summed E-state index contributed by atoms with van der Waals surface area (Å²) in [5.41, 5.74) is 2.37. The maximum atomic E-state index is 12.6. The molecule has 0 atom stereocenters. The number of nitrogens with one attached hydrogen (secondary N) is 2. The Bertz CT molecular complexity index is 1100. The molecule has 0 aliphatic carbocycles. The van der Waals surface area contributed by atoms with Crippen molar-refractivity contribution < 1.29 is 9.59 Å². The monoisotopic (exact) mass is 479 g/mol. The van der Waals surface area contributed by atoms with Crippen LogP contribution in [0.25, 0.3) is 0 Å². The van der Waals surface area contributed by atoms with Crippen molar-refractivity contribution in [1.82, 2.24) is 25.0 Å². The van der Waals surface area contributed by atoms with Crippen LogP contribution in [0, 0.1) is 0 Å². The number of piperazine rings is 1. The third-order valence-electron chi connectivity index (χ3n) is 5.62. The van der Waals surface area contributed by atoms with E-state index in [0.29, 0.717) is 23.0 Å². The summed E-state index contributed by atoms with van der Waals surface area (Å²) in [4.78, 5) is 29.6. The van der Waals surface area contributed by atoms with Gasteiger partial charge in [-0.25, -0.2) is 0 Å². The summed E-state index contributed by atoms with van der Waals surface area (Å²) in [6.07, 6.45) is 1.59. The molecule has 0 spiro atoms. The number of carbonyl (C=O) groups excluding carboxylic acids is 2. The number of para-hydroxylation sites is 1. The molecule has 0 radical (unpaired) electrons. The molecule has 1 fully saturated rings. The van der Waals surface area contributed by atoms with Crippen LogP contribution in [0.3, 0.4) is 0 Å². The van der Waals surface area contributed by atoms with Crippen LogP contribution in [0.5, 0.6) is 0 Å². The molecule has 2 aromatic carbocycles. The Balaban J connectivity index is 1.18. The van der Waals surface area contributed by atoms with Gasteiger partial charge in [0.25, 0.3) is 5.91 Å². The van der Waals surface area contributed by atoms with E-state index in [2.05, 4.69) is 54.9 Å². The van der Waals surface area contributed by atoms with Gasteiger partial charge in [-0.15, -0.1) is 10.2 Å². The number of nitrogens with zero attached hydrogens (tertiary/aromatic N) is 5. The van der Waals surface area contributed by atoms with Crippen LogP contribution in [0.2, 0.25) is 0 Å². The van der Waals surface area contributed by atoms with Crippen molar-refractivity contribution in [3.8, 4) is 0 Å². The van der Waals surface area contributed by atoms with E-state index < -0.39 is 0 Å². The fourth-order valence-corrected chi connectivity index (χ4v) is 4.45. The summed E-state index contributed by atoms with van der Waals surface area (Å²) in [7, 11) is 1.83.